The number of rotatable bonds is 7. The highest BCUT2D eigenvalue weighted by Gasteiger charge is 2.51. The number of carbonyl (C=O) groups is 1. The van der Waals surface area contributed by atoms with Crippen LogP contribution in [0.5, 0.6) is 11.5 Å². The molecule has 1 saturated carbocycles. The van der Waals surface area contributed by atoms with Gasteiger partial charge in [-0.05, 0) is 61.2 Å². The van der Waals surface area contributed by atoms with Crippen molar-refractivity contribution in [2.24, 2.45) is 0 Å². The second-order valence-corrected chi connectivity index (χ2v) is 11.5. The summed E-state index contributed by atoms with van der Waals surface area (Å²) in [5.74, 6) is 1.51. The molecule has 188 valence electrons. The first kappa shape index (κ1) is 23.1. The lowest BCUT2D eigenvalue weighted by atomic mass is 9.88. The first-order chi connectivity index (χ1) is 17.3. The van der Waals surface area contributed by atoms with Crippen LogP contribution in [0.4, 0.5) is 0 Å². The Kier molecular flexibility index (Phi) is 5.59. The standard InChI is InChI=1S/C27H26N2O6S.H2/c30-21-10-13-29(16-21)36(32,33)22-7-4-18(5-8-22)23-3-1-2-20(28-23)15-26(31)27(11-12-27)19-6-9-24-25(14-19)35-17-34-24;/h1-9,14,21,30H,10-13,15-17H2;1H. The van der Waals surface area contributed by atoms with E-state index in [1.54, 1.807) is 24.3 Å². The van der Waals surface area contributed by atoms with Crippen LogP contribution >= 0.6 is 0 Å². The van der Waals surface area contributed by atoms with Gasteiger partial charge < -0.3 is 14.6 Å². The van der Waals surface area contributed by atoms with Crippen LogP contribution in [0.25, 0.3) is 11.3 Å². The van der Waals surface area contributed by atoms with Gasteiger partial charge in [-0.2, -0.15) is 4.31 Å². The van der Waals surface area contributed by atoms with Gasteiger partial charge in [-0.15, -0.1) is 0 Å². The molecule has 2 aliphatic heterocycles. The number of β-amino-alcohol motifs (C(OH)–C–C–N with tert-alkyl or cyclic N) is 1. The molecule has 0 spiro atoms. The lowest BCUT2D eigenvalue weighted by Crippen LogP contribution is -2.29. The summed E-state index contributed by atoms with van der Waals surface area (Å²) in [6, 6.07) is 17.8. The van der Waals surface area contributed by atoms with Crippen LogP contribution in [-0.2, 0) is 26.7 Å². The maximum Gasteiger partial charge on any atom is 0.243 e. The van der Waals surface area contributed by atoms with Crippen LogP contribution in [0.2, 0.25) is 0 Å². The lowest BCUT2D eigenvalue weighted by molar-refractivity contribution is -0.120. The van der Waals surface area contributed by atoms with Gasteiger partial charge in [-0.3, -0.25) is 9.78 Å². The van der Waals surface area contributed by atoms with Gasteiger partial charge in [-0.25, -0.2) is 8.42 Å². The van der Waals surface area contributed by atoms with E-state index in [2.05, 4.69) is 0 Å². The van der Waals surface area contributed by atoms with Gasteiger partial charge >= 0.3 is 0 Å². The topological polar surface area (TPSA) is 106 Å². The first-order valence-corrected chi connectivity index (χ1v) is 13.5. The third kappa shape index (κ3) is 4.07. The molecule has 1 saturated heterocycles. The maximum absolute atomic E-state index is 13.3. The summed E-state index contributed by atoms with van der Waals surface area (Å²) in [5.41, 5.74) is 2.57. The molecule has 3 heterocycles. The monoisotopic (exact) mass is 508 g/mol. The molecule has 9 heteroatoms. The number of Topliss-reactive ketones (excluding diaryl/α,β-unsaturated/α-hetero) is 1. The summed E-state index contributed by atoms with van der Waals surface area (Å²) >= 11 is 0. The Labute approximate surface area is 211 Å². The first-order valence-electron chi connectivity index (χ1n) is 12.0. The van der Waals surface area contributed by atoms with Gasteiger partial charge in [0.2, 0.25) is 16.8 Å². The highest BCUT2D eigenvalue weighted by Crippen LogP contribution is 2.51. The predicted molar refractivity (Wildman–Crippen MR) is 133 cm³/mol. The smallest absolute Gasteiger partial charge is 0.243 e. The summed E-state index contributed by atoms with van der Waals surface area (Å²) in [6.07, 6.45) is 1.65. The highest BCUT2D eigenvalue weighted by atomic mass is 32.2. The molecule has 1 N–H and O–H groups in total. The summed E-state index contributed by atoms with van der Waals surface area (Å²) in [6.45, 7) is 0.636. The predicted octanol–water partition coefficient (Wildman–Crippen LogP) is 3.32. The molecule has 2 aromatic carbocycles. The van der Waals surface area contributed by atoms with E-state index < -0.39 is 21.5 Å². The number of sulfonamides is 1. The van der Waals surface area contributed by atoms with Crippen molar-refractivity contribution in [3.63, 3.8) is 0 Å². The number of ether oxygens (including phenoxy) is 2. The Hall–Kier alpha value is -3.27. The molecular formula is C27H28N2O6S. The van der Waals surface area contributed by atoms with Crippen LogP contribution in [0, 0.1) is 0 Å². The summed E-state index contributed by atoms with van der Waals surface area (Å²) in [5, 5.41) is 9.70. The van der Waals surface area contributed by atoms with Crippen LogP contribution in [-0.4, -0.2) is 54.6 Å². The largest absolute Gasteiger partial charge is 0.454 e. The van der Waals surface area contributed by atoms with Crippen molar-refractivity contribution in [1.82, 2.24) is 9.29 Å². The van der Waals surface area contributed by atoms with Crippen molar-refractivity contribution in [3.05, 3.63) is 71.9 Å². The van der Waals surface area contributed by atoms with E-state index in [0.29, 0.717) is 35.9 Å². The van der Waals surface area contributed by atoms with E-state index in [0.717, 1.165) is 24.0 Å². The molecular weight excluding hydrogens is 480 g/mol. The van der Waals surface area contributed by atoms with Crippen molar-refractivity contribution >= 4 is 15.8 Å². The second-order valence-electron chi connectivity index (χ2n) is 9.59. The highest BCUT2D eigenvalue weighted by molar-refractivity contribution is 7.89. The summed E-state index contributed by atoms with van der Waals surface area (Å²) < 4.78 is 37.9. The molecule has 2 fully saturated rings. The Balaban J connectivity index is 0.00000280. The number of nitrogens with zero attached hydrogens (tertiary/aromatic N) is 2. The van der Waals surface area contributed by atoms with Crippen LogP contribution in [0.1, 0.15) is 31.9 Å². The van der Waals surface area contributed by atoms with Crippen molar-refractivity contribution in [2.75, 3.05) is 19.9 Å². The quantitative estimate of drug-likeness (QED) is 0.522. The number of ketones is 1. The molecule has 6 rings (SSSR count). The summed E-state index contributed by atoms with van der Waals surface area (Å²) in [4.78, 5) is 18.2. The minimum atomic E-state index is -3.64. The minimum Gasteiger partial charge on any atom is -0.454 e. The van der Waals surface area contributed by atoms with Crippen molar-refractivity contribution in [3.8, 4) is 22.8 Å². The Morgan fingerprint density at radius 3 is 2.58 bits per heavy atom. The maximum atomic E-state index is 13.3. The Morgan fingerprint density at radius 2 is 1.86 bits per heavy atom. The molecule has 1 atom stereocenters. The fourth-order valence-electron chi connectivity index (χ4n) is 5.00. The van der Waals surface area contributed by atoms with Crippen LogP contribution in [0.15, 0.2) is 65.6 Å². The molecule has 0 radical (unpaired) electrons. The van der Waals surface area contributed by atoms with Crippen molar-refractivity contribution in [1.29, 1.82) is 0 Å². The number of hydrogen-bond acceptors (Lipinski definition) is 7. The van der Waals surface area contributed by atoms with E-state index in [9.17, 15) is 18.3 Å². The molecule has 0 amide bonds. The zero-order valence-corrected chi connectivity index (χ0v) is 20.4. The third-order valence-corrected chi connectivity index (χ3v) is 9.15. The SMILES string of the molecule is O=C(Cc1cccc(-c2ccc(S(=O)(=O)N3CCC(O)C3)cc2)n1)C1(c2ccc3c(c2)OCO3)CC1.[HH]. The fourth-order valence-corrected chi connectivity index (χ4v) is 6.49. The van der Waals surface area contributed by atoms with Crippen LogP contribution in [0.3, 0.4) is 0 Å². The summed E-state index contributed by atoms with van der Waals surface area (Å²) in [7, 11) is -3.64. The molecule has 1 aromatic heterocycles. The zero-order valence-electron chi connectivity index (χ0n) is 19.6. The normalized spacial score (nSPS) is 20.4. The van der Waals surface area contributed by atoms with E-state index in [1.165, 1.54) is 4.31 Å². The van der Waals surface area contributed by atoms with Crippen LogP contribution < -0.4 is 9.47 Å². The van der Waals surface area contributed by atoms with Gasteiger partial charge in [0.25, 0.3) is 0 Å². The minimum absolute atomic E-state index is 0. The number of fused-ring (bicyclic) bond motifs is 1. The number of aliphatic hydroxyl groups excluding tert-OH is 1. The molecule has 8 nitrogen and oxygen atoms in total. The number of pyridine rings is 1. The van der Waals surface area contributed by atoms with Gasteiger partial charge in [0.1, 0.15) is 5.78 Å². The van der Waals surface area contributed by atoms with Gasteiger partial charge in [0, 0.05) is 32.2 Å². The van der Waals surface area contributed by atoms with E-state index >= 15 is 0 Å². The average Bonchev–Trinajstić information content (AvgIpc) is 3.35. The van der Waals surface area contributed by atoms with Crippen molar-refractivity contribution in [2.45, 2.75) is 42.1 Å². The number of aliphatic hydroxyl groups is 1. The van der Waals surface area contributed by atoms with E-state index in [-0.39, 0.29) is 31.9 Å². The van der Waals surface area contributed by atoms with Gasteiger partial charge in [0.05, 0.1) is 22.1 Å². The fraction of sp³-hybridized carbons (Fsp3) is 0.333. The Bertz CT molecular complexity index is 1440. The third-order valence-electron chi connectivity index (χ3n) is 7.27. The number of benzene rings is 2. The molecule has 1 aliphatic carbocycles. The molecule has 36 heavy (non-hydrogen) atoms. The average molecular weight is 509 g/mol. The molecule has 1 unspecified atom stereocenters. The number of carbonyl (C=O) groups excluding carboxylic acids is 1. The number of hydrogen-bond donors (Lipinski definition) is 1. The number of aromatic nitrogens is 1. The van der Waals surface area contributed by atoms with Crippen molar-refractivity contribution < 1.29 is 29.2 Å². The van der Waals surface area contributed by atoms with Gasteiger partial charge in [-0.1, -0.05) is 24.3 Å². The lowest BCUT2D eigenvalue weighted by Gasteiger charge is -2.16. The molecule has 0 bridgehead atoms. The Morgan fingerprint density at radius 1 is 1.08 bits per heavy atom. The zero-order chi connectivity index (χ0) is 24.9. The van der Waals surface area contributed by atoms with Gasteiger partial charge in [0.15, 0.2) is 11.5 Å². The molecule has 3 aromatic rings. The van der Waals surface area contributed by atoms with E-state index in [4.69, 9.17) is 14.5 Å². The molecule has 3 aliphatic rings. The second kappa shape index (κ2) is 8.69. The van der Waals surface area contributed by atoms with E-state index in [1.807, 2.05) is 36.4 Å².